The molecule has 2 saturated carbocycles. The van der Waals surface area contributed by atoms with E-state index >= 15 is 0 Å². The summed E-state index contributed by atoms with van der Waals surface area (Å²) in [6.45, 7) is 4.73. The number of carbonyl (C=O) groups is 1. The largest absolute Gasteiger partial charge is 0.469 e. The van der Waals surface area contributed by atoms with Crippen molar-refractivity contribution in [3.8, 4) is 0 Å². The second-order valence-electron chi connectivity index (χ2n) is 7.20. The number of carbonyl (C=O) groups excluding carboxylic acids is 1. The van der Waals surface area contributed by atoms with Crippen molar-refractivity contribution in [1.82, 2.24) is 0 Å². The highest BCUT2D eigenvalue weighted by molar-refractivity contribution is 5.68. The van der Waals surface area contributed by atoms with Gasteiger partial charge in [0.2, 0.25) is 0 Å². The van der Waals surface area contributed by atoms with Crippen LogP contribution in [0.25, 0.3) is 0 Å². The zero-order chi connectivity index (χ0) is 14.8. The van der Waals surface area contributed by atoms with Gasteiger partial charge in [-0.15, -0.1) is 0 Å². The Morgan fingerprint density at radius 1 is 1.40 bits per heavy atom. The number of ether oxygens (including phenoxy) is 1. The van der Waals surface area contributed by atoms with E-state index in [-0.39, 0.29) is 12.1 Å². The Hall–Kier alpha value is -0.570. The lowest BCUT2D eigenvalue weighted by Gasteiger charge is -2.45. The molecule has 3 heteroatoms. The standard InChI is InChI=1S/C17H30O3/c1-12(6-4-8-16(19)20-3)13-9-10-14-15(18)7-5-11-17(13,14)2/h12-15,18H,4-11H2,1-3H3. The number of hydrogen-bond donors (Lipinski definition) is 1. The monoisotopic (exact) mass is 282 g/mol. The predicted molar refractivity (Wildman–Crippen MR) is 79.2 cm³/mol. The maximum Gasteiger partial charge on any atom is 0.305 e. The van der Waals surface area contributed by atoms with Gasteiger partial charge in [-0.1, -0.05) is 20.3 Å². The third kappa shape index (κ3) is 3.03. The van der Waals surface area contributed by atoms with Crippen molar-refractivity contribution in [3.63, 3.8) is 0 Å². The van der Waals surface area contributed by atoms with Crippen LogP contribution in [0.3, 0.4) is 0 Å². The van der Waals surface area contributed by atoms with E-state index in [0.717, 1.165) is 19.3 Å². The molecule has 20 heavy (non-hydrogen) atoms. The first-order valence-electron chi connectivity index (χ1n) is 8.24. The molecule has 2 aliphatic carbocycles. The molecular weight excluding hydrogens is 252 g/mol. The number of aliphatic hydroxyl groups excluding tert-OH is 1. The summed E-state index contributed by atoms with van der Waals surface area (Å²) in [4.78, 5) is 11.2. The average molecular weight is 282 g/mol. The molecule has 0 aromatic heterocycles. The summed E-state index contributed by atoms with van der Waals surface area (Å²) in [5, 5.41) is 10.3. The molecule has 0 aliphatic heterocycles. The molecule has 5 atom stereocenters. The second kappa shape index (κ2) is 6.46. The van der Waals surface area contributed by atoms with Crippen LogP contribution in [-0.4, -0.2) is 24.3 Å². The molecule has 0 bridgehead atoms. The normalized spacial score (nSPS) is 38.3. The fourth-order valence-electron chi connectivity index (χ4n) is 5.00. The van der Waals surface area contributed by atoms with Crippen molar-refractivity contribution in [2.75, 3.05) is 7.11 Å². The van der Waals surface area contributed by atoms with Crippen LogP contribution in [-0.2, 0) is 9.53 Å². The molecular formula is C17H30O3. The van der Waals surface area contributed by atoms with Crippen LogP contribution in [0.5, 0.6) is 0 Å². The summed E-state index contributed by atoms with van der Waals surface area (Å²) in [7, 11) is 1.46. The zero-order valence-corrected chi connectivity index (χ0v) is 13.2. The van der Waals surface area contributed by atoms with Gasteiger partial charge >= 0.3 is 5.97 Å². The van der Waals surface area contributed by atoms with Crippen LogP contribution in [0, 0.1) is 23.2 Å². The highest BCUT2D eigenvalue weighted by atomic mass is 16.5. The van der Waals surface area contributed by atoms with E-state index in [0.29, 0.717) is 29.6 Å². The van der Waals surface area contributed by atoms with Crippen molar-refractivity contribution >= 4 is 5.97 Å². The lowest BCUT2D eigenvalue weighted by molar-refractivity contribution is -0.140. The first-order chi connectivity index (χ1) is 9.49. The molecule has 0 saturated heterocycles. The average Bonchev–Trinajstić information content (AvgIpc) is 2.77. The minimum Gasteiger partial charge on any atom is -0.469 e. The highest BCUT2D eigenvalue weighted by Gasteiger charge is 2.51. The Morgan fingerprint density at radius 3 is 2.85 bits per heavy atom. The Balaban J connectivity index is 1.90. The SMILES string of the molecule is COC(=O)CCCC(C)C1CCC2C(O)CCCC12C. The van der Waals surface area contributed by atoms with Gasteiger partial charge in [0.25, 0.3) is 0 Å². The van der Waals surface area contributed by atoms with Crippen molar-refractivity contribution in [1.29, 1.82) is 0 Å². The first kappa shape index (κ1) is 15.8. The van der Waals surface area contributed by atoms with Gasteiger partial charge in [-0.3, -0.25) is 4.79 Å². The van der Waals surface area contributed by atoms with Gasteiger partial charge in [-0.05, 0) is 61.7 Å². The Bertz CT molecular complexity index is 341. The van der Waals surface area contributed by atoms with Crippen molar-refractivity contribution < 1.29 is 14.6 Å². The number of aliphatic hydroxyl groups is 1. The van der Waals surface area contributed by atoms with Crippen molar-refractivity contribution in [2.24, 2.45) is 23.2 Å². The Kier molecular flexibility index (Phi) is 5.11. The highest BCUT2D eigenvalue weighted by Crippen LogP contribution is 2.58. The second-order valence-corrected chi connectivity index (χ2v) is 7.20. The van der Waals surface area contributed by atoms with E-state index in [1.54, 1.807) is 0 Å². The summed E-state index contributed by atoms with van der Waals surface area (Å²) in [6, 6.07) is 0. The molecule has 116 valence electrons. The van der Waals surface area contributed by atoms with Crippen LogP contribution in [0.4, 0.5) is 0 Å². The van der Waals surface area contributed by atoms with Gasteiger partial charge in [0, 0.05) is 6.42 Å². The number of fused-ring (bicyclic) bond motifs is 1. The van der Waals surface area contributed by atoms with Crippen LogP contribution in [0.1, 0.15) is 65.2 Å². The molecule has 2 fully saturated rings. The molecule has 5 unspecified atom stereocenters. The van der Waals surface area contributed by atoms with Gasteiger partial charge in [-0.25, -0.2) is 0 Å². The molecule has 0 aromatic rings. The van der Waals surface area contributed by atoms with E-state index in [1.165, 1.54) is 32.8 Å². The van der Waals surface area contributed by atoms with Crippen LogP contribution < -0.4 is 0 Å². The molecule has 3 nitrogen and oxygen atoms in total. The quantitative estimate of drug-likeness (QED) is 0.784. The summed E-state index contributed by atoms with van der Waals surface area (Å²) in [6.07, 6.45) is 8.33. The summed E-state index contributed by atoms with van der Waals surface area (Å²) < 4.78 is 4.71. The molecule has 2 rings (SSSR count). The van der Waals surface area contributed by atoms with Crippen LogP contribution in [0.2, 0.25) is 0 Å². The predicted octanol–water partition coefficient (Wildman–Crippen LogP) is 3.54. The van der Waals surface area contributed by atoms with E-state index in [2.05, 4.69) is 13.8 Å². The van der Waals surface area contributed by atoms with Gasteiger partial charge in [-0.2, -0.15) is 0 Å². The summed E-state index contributed by atoms with van der Waals surface area (Å²) >= 11 is 0. The minimum absolute atomic E-state index is 0.0824. The molecule has 1 N–H and O–H groups in total. The van der Waals surface area contributed by atoms with Gasteiger partial charge < -0.3 is 9.84 Å². The number of rotatable bonds is 5. The van der Waals surface area contributed by atoms with E-state index in [1.807, 2.05) is 0 Å². The molecule has 0 heterocycles. The van der Waals surface area contributed by atoms with Crippen LogP contribution in [0.15, 0.2) is 0 Å². The molecule has 0 aromatic carbocycles. The first-order valence-corrected chi connectivity index (χ1v) is 8.24. The molecule has 0 radical (unpaired) electrons. The fraction of sp³-hybridized carbons (Fsp3) is 0.941. The number of methoxy groups -OCH3 is 1. The maximum absolute atomic E-state index is 11.2. The van der Waals surface area contributed by atoms with Gasteiger partial charge in [0.1, 0.15) is 0 Å². The molecule has 0 amide bonds. The van der Waals surface area contributed by atoms with Crippen molar-refractivity contribution in [2.45, 2.75) is 71.3 Å². The Labute approximate surface area is 123 Å². The Morgan fingerprint density at radius 2 is 2.15 bits per heavy atom. The lowest BCUT2D eigenvalue weighted by Crippen LogP contribution is -2.41. The maximum atomic E-state index is 11.2. The van der Waals surface area contributed by atoms with Crippen LogP contribution >= 0.6 is 0 Å². The summed E-state index contributed by atoms with van der Waals surface area (Å²) in [5.74, 6) is 1.75. The summed E-state index contributed by atoms with van der Waals surface area (Å²) in [5.41, 5.74) is 0.322. The smallest absolute Gasteiger partial charge is 0.305 e. The number of esters is 1. The van der Waals surface area contributed by atoms with Crippen molar-refractivity contribution in [3.05, 3.63) is 0 Å². The third-order valence-corrected chi connectivity index (χ3v) is 6.12. The third-order valence-electron chi connectivity index (χ3n) is 6.12. The number of hydrogen-bond acceptors (Lipinski definition) is 3. The molecule has 2 aliphatic rings. The van der Waals surface area contributed by atoms with E-state index in [4.69, 9.17) is 4.74 Å². The van der Waals surface area contributed by atoms with E-state index in [9.17, 15) is 9.90 Å². The van der Waals surface area contributed by atoms with E-state index < -0.39 is 0 Å². The van der Waals surface area contributed by atoms with Gasteiger partial charge in [0.05, 0.1) is 13.2 Å². The minimum atomic E-state index is -0.0965. The molecule has 0 spiro atoms. The lowest BCUT2D eigenvalue weighted by atomic mass is 9.61. The zero-order valence-electron chi connectivity index (χ0n) is 13.2. The topological polar surface area (TPSA) is 46.5 Å². The van der Waals surface area contributed by atoms with Gasteiger partial charge in [0.15, 0.2) is 0 Å². The fourth-order valence-corrected chi connectivity index (χ4v) is 5.00.